The molecule has 0 spiro atoms. The van der Waals surface area contributed by atoms with Gasteiger partial charge in [0.2, 0.25) is 5.91 Å². The summed E-state index contributed by atoms with van der Waals surface area (Å²) in [4.78, 5) is 25.3. The van der Waals surface area contributed by atoms with Gasteiger partial charge in [-0.1, -0.05) is 6.42 Å². The number of nitrogens with two attached hydrogens (primary N) is 1. The maximum Gasteiger partial charge on any atom is 0.264 e. The molecule has 6 nitrogen and oxygen atoms in total. The van der Waals surface area contributed by atoms with Crippen LogP contribution in [-0.2, 0) is 9.59 Å². The minimum Gasteiger partial charge on any atom is -0.482 e. The van der Waals surface area contributed by atoms with Gasteiger partial charge in [0.15, 0.2) is 6.61 Å². The number of carbonyl (C=O) groups is 2. The fourth-order valence-electron chi connectivity index (χ4n) is 3.12. The number of amides is 2. The molecule has 2 amide bonds. The molecule has 0 saturated heterocycles. The van der Waals surface area contributed by atoms with Gasteiger partial charge in [0, 0.05) is 25.2 Å². The Bertz CT molecular complexity index is 608. The summed E-state index contributed by atoms with van der Waals surface area (Å²) in [6.07, 6.45) is 3.57. The number of nitrogens with zero attached hydrogens (tertiary/aromatic N) is 1. The van der Waals surface area contributed by atoms with Crippen LogP contribution in [0, 0.1) is 5.92 Å². The third-order valence-corrected chi connectivity index (χ3v) is 4.49. The van der Waals surface area contributed by atoms with Crippen LogP contribution in [0.4, 0.5) is 11.4 Å². The number of rotatable bonds is 3. The Morgan fingerprint density at radius 3 is 2.91 bits per heavy atom. The smallest absolute Gasteiger partial charge is 0.264 e. The number of benzene rings is 1. The van der Waals surface area contributed by atoms with Crippen LogP contribution in [-0.4, -0.2) is 31.5 Å². The standard InChI is InChI=1S/C16H21N3O3.ClH/c1-19-13-8-11(5-6-14(13)22-9-16(19)21)18-15(20)7-10-3-2-4-12(10)17;/h5-6,8,10,12H,2-4,7,9,17H2,1H3,(H,18,20);1H/t10-,12+;/m0./s1. The molecule has 1 heterocycles. The SMILES string of the molecule is CN1C(=O)COc2ccc(NC(=O)C[C@@H]3CCC[C@H]3N)cc21.Cl. The summed E-state index contributed by atoms with van der Waals surface area (Å²) in [5, 5.41) is 2.89. The average molecular weight is 340 g/mol. The highest BCUT2D eigenvalue weighted by atomic mass is 35.5. The molecule has 0 radical (unpaired) electrons. The Morgan fingerprint density at radius 2 is 2.22 bits per heavy atom. The summed E-state index contributed by atoms with van der Waals surface area (Å²) in [6.45, 7) is 0.0504. The minimum absolute atomic E-state index is 0. The van der Waals surface area contributed by atoms with Crippen molar-refractivity contribution in [2.45, 2.75) is 31.7 Å². The molecular formula is C16H22ClN3O3. The average Bonchev–Trinajstić information content (AvgIpc) is 2.88. The number of hydrogen-bond acceptors (Lipinski definition) is 4. The third kappa shape index (κ3) is 3.76. The van der Waals surface area contributed by atoms with Crippen LogP contribution in [0.25, 0.3) is 0 Å². The maximum absolute atomic E-state index is 12.1. The monoisotopic (exact) mass is 339 g/mol. The van der Waals surface area contributed by atoms with Crippen molar-refractivity contribution >= 4 is 35.6 Å². The lowest BCUT2D eigenvalue weighted by atomic mass is 10.00. The zero-order valence-corrected chi connectivity index (χ0v) is 13.9. The van der Waals surface area contributed by atoms with Crippen LogP contribution in [0.1, 0.15) is 25.7 Å². The molecule has 2 aliphatic rings. The summed E-state index contributed by atoms with van der Waals surface area (Å²) in [5.74, 6) is 0.782. The van der Waals surface area contributed by atoms with Crippen LogP contribution in [0.15, 0.2) is 18.2 Å². The van der Waals surface area contributed by atoms with Gasteiger partial charge < -0.3 is 20.7 Å². The number of carbonyl (C=O) groups excluding carboxylic acids is 2. The Kier molecular flexibility index (Phi) is 5.49. The molecule has 7 heteroatoms. The lowest BCUT2D eigenvalue weighted by Crippen LogP contribution is -2.35. The van der Waals surface area contributed by atoms with Crippen molar-refractivity contribution in [3.8, 4) is 5.75 Å². The van der Waals surface area contributed by atoms with Crippen molar-refractivity contribution in [3.63, 3.8) is 0 Å². The lowest BCUT2D eigenvalue weighted by molar-refractivity contribution is -0.121. The van der Waals surface area contributed by atoms with E-state index in [1.165, 1.54) is 0 Å². The number of hydrogen-bond donors (Lipinski definition) is 2. The first-order valence-electron chi connectivity index (χ1n) is 7.63. The number of anilines is 2. The van der Waals surface area contributed by atoms with Gasteiger partial charge in [0.05, 0.1) is 5.69 Å². The van der Waals surface area contributed by atoms with E-state index in [2.05, 4.69) is 5.32 Å². The van der Waals surface area contributed by atoms with Crippen LogP contribution in [0.2, 0.25) is 0 Å². The molecule has 0 aromatic heterocycles. The van der Waals surface area contributed by atoms with Crippen LogP contribution in [0.5, 0.6) is 5.75 Å². The highest BCUT2D eigenvalue weighted by molar-refractivity contribution is 5.99. The highest BCUT2D eigenvalue weighted by Gasteiger charge is 2.26. The fraction of sp³-hybridized carbons (Fsp3) is 0.500. The third-order valence-electron chi connectivity index (χ3n) is 4.49. The van der Waals surface area contributed by atoms with Crippen molar-refractivity contribution < 1.29 is 14.3 Å². The van der Waals surface area contributed by atoms with E-state index in [4.69, 9.17) is 10.5 Å². The number of nitrogens with one attached hydrogen (secondary N) is 1. The van der Waals surface area contributed by atoms with Crippen molar-refractivity contribution in [3.05, 3.63) is 18.2 Å². The van der Waals surface area contributed by atoms with Crippen molar-refractivity contribution in [2.75, 3.05) is 23.9 Å². The largest absolute Gasteiger partial charge is 0.482 e. The van der Waals surface area contributed by atoms with Gasteiger partial charge in [0.25, 0.3) is 5.91 Å². The van der Waals surface area contributed by atoms with Gasteiger partial charge in [-0.2, -0.15) is 0 Å². The zero-order chi connectivity index (χ0) is 15.7. The zero-order valence-electron chi connectivity index (χ0n) is 13.1. The molecule has 126 valence electrons. The predicted molar refractivity (Wildman–Crippen MR) is 91.2 cm³/mol. The molecule has 1 aromatic rings. The second kappa shape index (κ2) is 7.19. The van der Waals surface area contributed by atoms with E-state index >= 15 is 0 Å². The van der Waals surface area contributed by atoms with Gasteiger partial charge in [-0.3, -0.25) is 9.59 Å². The Morgan fingerprint density at radius 1 is 1.43 bits per heavy atom. The summed E-state index contributed by atoms with van der Waals surface area (Å²) >= 11 is 0. The van der Waals surface area contributed by atoms with E-state index in [0.29, 0.717) is 23.5 Å². The first kappa shape index (κ1) is 17.6. The van der Waals surface area contributed by atoms with Crippen molar-refractivity contribution in [2.24, 2.45) is 11.7 Å². The summed E-state index contributed by atoms with van der Waals surface area (Å²) in [5.41, 5.74) is 7.34. The lowest BCUT2D eigenvalue weighted by Gasteiger charge is -2.26. The summed E-state index contributed by atoms with van der Waals surface area (Å²) < 4.78 is 5.37. The first-order valence-corrected chi connectivity index (χ1v) is 7.63. The van der Waals surface area contributed by atoms with Crippen LogP contribution in [0.3, 0.4) is 0 Å². The number of halogens is 1. The molecule has 1 saturated carbocycles. The van der Waals surface area contributed by atoms with E-state index in [1.807, 2.05) is 0 Å². The second-order valence-corrected chi connectivity index (χ2v) is 6.03. The van der Waals surface area contributed by atoms with E-state index in [-0.39, 0.29) is 42.8 Å². The first-order chi connectivity index (χ1) is 10.5. The summed E-state index contributed by atoms with van der Waals surface area (Å²) in [6, 6.07) is 5.45. The molecule has 0 bridgehead atoms. The highest BCUT2D eigenvalue weighted by Crippen LogP contribution is 2.34. The van der Waals surface area contributed by atoms with Crippen molar-refractivity contribution in [1.82, 2.24) is 0 Å². The van der Waals surface area contributed by atoms with Gasteiger partial charge >= 0.3 is 0 Å². The van der Waals surface area contributed by atoms with E-state index in [0.717, 1.165) is 19.3 Å². The minimum atomic E-state index is -0.104. The van der Waals surface area contributed by atoms with Crippen molar-refractivity contribution in [1.29, 1.82) is 0 Å². The second-order valence-electron chi connectivity index (χ2n) is 6.03. The predicted octanol–water partition coefficient (Wildman–Crippen LogP) is 1.92. The van der Waals surface area contributed by atoms with E-state index < -0.39 is 0 Å². The summed E-state index contributed by atoms with van der Waals surface area (Å²) in [7, 11) is 1.70. The quantitative estimate of drug-likeness (QED) is 0.881. The molecule has 2 atom stereocenters. The Labute approximate surface area is 141 Å². The molecule has 1 aliphatic carbocycles. The molecule has 0 unspecified atom stereocenters. The topological polar surface area (TPSA) is 84.7 Å². The van der Waals surface area contributed by atoms with E-state index in [9.17, 15) is 9.59 Å². The maximum atomic E-state index is 12.1. The number of ether oxygens (including phenoxy) is 1. The fourth-order valence-corrected chi connectivity index (χ4v) is 3.12. The van der Waals surface area contributed by atoms with Gasteiger partial charge in [-0.15, -0.1) is 12.4 Å². The molecule has 1 aliphatic heterocycles. The molecular weight excluding hydrogens is 318 g/mol. The van der Waals surface area contributed by atoms with Gasteiger partial charge in [-0.25, -0.2) is 0 Å². The van der Waals surface area contributed by atoms with E-state index in [1.54, 1.807) is 30.1 Å². The molecule has 3 N–H and O–H groups in total. The molecule has 1 fully saturated rings. The normalized spacial score (nSPS) is 22.9. The Balaban J connectivity index is 0.00000192. The van der Waals surface area contributed by atoms with Gasteiger partial charge in [0.1, 0.15) is 5.75 Å². The Hall–Kier alpha value is -1.79. The number of likely N-dealkylation sites (N-methyl/N-ethyl adjacent to an activating group) is 1. The molecule has 1 aromatic carbocycles. The van der Waals surface area contributed by atoms with Gasteiger partial charge in [-0.05, 0) is 37.0 Å². The number of fused-ring (bicyclic) bond motifs is 1. The van der Waals surface area contributed by atoms with Crippen LogP contribution < -0.4 is 20.7 Å². The molecule has 3 rings (SSSR count). The van der Waals surface area contributed by atoms with Crippen LogP contribution >= 0.6 is 12.4 Å². The molecule has 23 heavy (non-hydrogen) atoms.